The van der Waals surface area contributed by atoms with E-state index in [1.807, 2.05) is 33.9 Å². The minimum Gasteiger partial charge on any atom is -0.464 e. The van der Waals surface area contributed by atoms with Crippen LogP contribution in [0.2, 0.25) is 0 Å². The van der Waals surface area contributed by atoms with Crippen molar-refractivity contribution in [2.24, 2.45) is 7.05 Å². The Bertz CT molecular complexity index is 276. The van der Waals surface area contributed by atoms with Crippen LogP contribution in [-0.4, -0.2) is 17.6 Å². The average Bonchev–Trinajstić information content (AvgIpc) is 2.50. The van der Waals surface area contributed by atoms with Gasteiger partial charge in [-0.25, -0.2) is 4.79 Å². The monoisotopic (exact) mass is 183 g/mol. The molecular weight excluding hydrogens is 166 g/mol. The summed E-state index contributed by atoms with van der Waals surface area (Å²) in [5.74, 6) is -0.291. The van der Waals surface area contributed by atoms with E-state index < -0.39 is 0 Å². The molecule has 0 fully saturated rings. The molecule has 0 unspecified atom stereocenters. The highest BCUT2D eigenvalue weighted by molar-refractivity contribution is 5.87. The number of ether oxygens (including phenoxy) is 1. The molecule has 0 N–H and O–H groups in total. The standard InChI is InChI=1S/C8H11NO2.C2H6/c1-6-4-5-7(9(6)2)8(10)11-3;1-2/h4-5H,1-3H3;1-2H3. The molecule has 1 aromatic heterocycles. The van der Waals surface area contributed by atoms with Crippen molar-refractivity contribution < 1.29 is 9.53 Å². The van der Waals surface area contributed by atoms with Gasteiger partial charge in [0.15, 0.2) is 0 Å². The van der Waals surface area contributed by atoms with Gasteiger partial charge in [0.2, 0.25) is 0 Å². The van der Waals surface area contributed by atoms with Gasteiger partial charge >= 0.3 is 5.97 Å². The third kappa shape index (κ3) is 2.61. The van der Waals surface area contributed by atoms with Crippen molar-refractivity contribution in [2.75, 3.05) is 7.11 Å². The van der Waals surface area contributed by atoms with Gasteiger partial charge in [-0.2, -0.15) is 0 Å². The number of aromatic nitrogens is 1. The molecule has 1 heterocycles. The molecule has 13 heavy (non-hydrogen) atoms. The first-order chi connectivity index (χ1) is 6.16. The van der Waals surface area contributed by atoms with Gasteiger partial charge in [-0.15, -0.1) is 0 Å². The van der Waals surface area contributed by atoms with Gasteiger partial charge in [0.1, 0.15) is 5.69 Å². The molecule has 1 rings (SSSR count). The van der Waals surface area contributed by atoms with Gasteiger partial charge in [-0.3, -0.25) is 0 Å². The fourth-order valence-corrected chi connectivity index (χ4v) is 0.923. The second kappa shape index (κ2) is 5.41. The second-order valence-corrected chi connectivity index (χ2v) is 2.41. The lowest BCUT2D eigenvalue weighted by molar-refractivity contribution is 0.0589. The molecule has 0 saturated heterocycles. The largest absolute Gasteiger partial charge is 0.464 e. The second-order valence-electron chi connectivity index (χ2n) is 2.41. The number of hydrogen-bond donors (Lipinski definition) is 0. The van der Waals surface area contributed by atoms with Crippen LogP contribution in [0.15, 0.2) is 12.1 Å². The summed E-state index contributed by atoms with van der Waals surface area (Å²) in [6.07, 6.45) is 0. The van der Waals surface area contributed by atoms with E-state index in [9.17, 15) is 4.79 Å². The molecule has 0 bridgehead atoms. The molecular formula is C10H17NO2. The van der Waals surface area contributed by atoms with Crippen LogP contribution < -0.4 is 0 Å². The van der Waals surface area contributed by atoms with Crippen molar-refractivity contribution >= 4 is 5.97 Å². The maximum Gasteiger partial charge on any atom is 0.354 e. The van der Waals surface area contributed by atoms with Crippen LogP contribution in [0.4, 0.5) is 0 Å². The third-order valence-electron chi connectivity index (χ3n) is 1.77. The number of carbonyl (C=O) groups is 1. The quantitative estimate of drug-likeness (QED) is 0.625. The van der Waals surface area contributed by atoms with Crippen molar-refractivity contribution in [1.29, 1.82) is 0 Å². The van der Waals surface area contributed by atoms with E-state index in [4.69, 9.17) is 0 Å². The summed E-state index contributed by atoms with van der Waals surface area (Å²) < 4.78 is 6.37. The van der Waals surface area contributed by atoms with Crippen LogP contribution in [0, 0.1) is 6.92 Å². The molecule has 0 aromatic carbocycles. The SMILES string of the molecule is CC.COC(=O)c1ccc(C)n1C. The Morgan fingerprint density at radius 3 is 2.23 bits per heavy atom. The summed E-state index contributed by atoms with van der Waals surface area (Å²) in [6.45, 7) is 5.94. The molecule has 0 atom stereocenters. The first-order valence-corrected chi connectivity index (χ1v) is 4.37. The Labute approximate surface area is 79.3 Å². The number of hydrogen-bond acceptors (Lipinski definition) is 2. The molecule has 0 spiro atoms. The summed E-state index contributed by atoms with van der Waals surface area (Å²) in [5.41, 5.74) is 1.63. The number of aryl methyl sites for hydroxylation is 1. The van der Waals surface area contributed by atoms with Gasteiger partial charge < -0.3 is 9.30 Å². The van der Waals surface area contributed by atoms with Gasteiger partial charge in [-0.05, 0) is 19.1 Å². The molecule has 0 aliphatic heterocycles. The van der Waals surface area contributed by atoms with Gasteiger partial charge in [0.25, 0.3) is 0 Å². The number of carbonyl (C=O) groups excluding carboxylic acids is 1. The highest BCUT2D eigenvalue weighted by Crippen LogP contribution is 2.06. The summed E-state index contributed by atoms with van der Waals surface area (Å²) in [4.78, 5) is 11.0. The minimum absolute atomic E-state index is 0.291. The third-order valence-corrected chi connectivity index (χ3v) is 1.77. The van der Waals surface area contributed by atoms with Crippen LogP contribution in [0.5, 0.6) is 0 Å². The predicted octanol–water partition coefficient (Wildman–Crippen LogP) is 2.15. The molecule has 0 saturated carbocycles. The molecule has 3 heteroatoms. The summed E-state index contributed by atoms with van der Waals surface area (Å²) in [5, 5.41) is 0. The molecule has 74 valence electrons. The van der Waals surface area contributed by atoms with Gasteiger partial charge in [0.05, 0.1) is 7.11 Å². The maximum absolute atomic E-state index is 11.0. The zero-order valence-electron chi connectivity index (χ0n) is 8.92. The van der Waals surface area contributed by atoms with E-state index in [1.54, 1.807) is 10.6 Å². The highest BCUT2D eigenvalue weighted by Gasteiger charge is 2.09. The van der Waals surface area contributed by atoms with Crippen molar-refractivity contribution in [3.05, 3.63) is 23.5 Å². The van der Waals surface area contributed by atoms with E-state index in [-0.39, 0.29) is 5.97 Å². The normalized spacial score (nSPS) is 8.69. The van der Waals surface area contributed by atoms with Crippen LogP contribution >= 0.6 is 0 Å². The topological polar surface area (TPSA) is 31.2 Å². The lowest BCUT2D eigenvalue weighted by atomic mass is 10.4. The van der Waals surface area contributed by atoms with E-state index >= 15 is 0 Å². The Kier molecular flexibility index (Phi) is 4.89. The molecule has 0 aliphatic rings. The fourth-order valence-electron chi connectivity index (χ4n) is 0.923. The van der Waals surface area contributed by atoms with E-state index in [2.05, 4.69) is 4.74 Å². The number of rotatable bonds is 1. The van der Waals surface area contributed by atoms with Crippen LogP contribution in [0.25, 0.3) is 0 Å². The molecule has 1 aromatic rings. The van der Waals surface area contributed by atoms with E-state index in [1.165, 1.54) is 7.11 Å². The van der Waals surface area contributed by atoms with Crippen molar-refractivity contribution in [3.63, 3.8) is 0 Å². The summed E-state index contributed by atoms with van der Waals surface area (Å²) >= 11 is 0. The van der Waals surface area contributed by atoms with Crippen LogP contribution in [0.1, 0.15) is 30.0 Å². The van der Waals surface area contributed by atoms with Gasteiger partial charge in [0, 0.05) is 12.7 Å². The highest BCUT2D eigenvalue weighted by atomic mass is 16.5. The van der Waals surface area contributed by atoms with Crippen molar-refractivity contribution in [2.45, 2.75) is 20.8 Å². The van der Waals surface area contributed by atoms with E-state index in [0.717, 1.165) is 5.69 Å². The predicted molar refractivity (Wildman–Crippen MR) is 52.8 cm³/mol. The minimum atomic E-state index is -0.291. The molecule has 3 nitrogen and oxygen atoms in total. The fraction of sp³-hybridized carbons (Fsp3) is 0.500. The van der Waals surface area contributed by atoms with Crippen LogP contribution in [-0.2, 0) is 11.8 Å². The summed E-state index contributed by atoms with van der Waals surface area (Å²) in [7, 11) is 3.21. The Hall–Kier alpha value is -1.25. The Morgan fingerprint density at radius 2 is 1.92 bits per heavy atom. The average molecular weight is 183 g/mol. The zero-order chi connectivity index (χ0) is 10.4. The number of methoxy groups -OCH3 is 1. The number of esters is 1. The van der Waals surface area contributed by atoms with E-state index in [0.29, 0.717) is 5.69 Å². The first-order valence-electron chi connectivity index (χ1n) is 4.37. The smallest absolute Gasteiger partial charge is 0.354 e. The molecule has 0 radical (unpaired) electrons. The van der Waals surface area contributed by atoms with Crippen molar-refractivity contribution in [3.8, 4) is 0 Å². The zero-order valence-corrected chi connectivity index (χ0v) is 8.92. The Balaban J connectivity index is 0.000000671. The Morgan fingerprint density at radius 1 is 1.38 bits per heavy atom. The maximum atomic E-state index is 11.0. The first kappa shape index (κ1) is 11.8. The molecule has 0 aliphatic carbocycles. The lowest BCUT2D eigenvalue weighted by Gasteiger charge is -2.01. The van der Waals surface area contributed by atoms with Gasteiger partial charge in [-0.1, -0.05) is 13.8 Å². The summed E-state index contributed by atoms with van der Waals surface area (Å²) in [6, 6.07) is 3.63. The molecule has 0 amide bonds. The lowest BCUT2D eigenvalue weighted by Crippen LogP contribution is -2.07. The number of nitrogens with zero attached hydrogens (tertiary/aromatic N) is 1. The van der Waals surface area contributed by atoms with Crippen LogP contribution in [0.3, 0.4) is 0 Å². The van der Waals surface area contributed by atoms with Crippen molar-refractivity contribution in [1.82, 2.24) is 4.57 Å².